The quantitative estimate of drug-likeness (QED) is 0.502. The molecule has 80 valence electrons. The molecular weight excluding hydrogens is 261 g/mol. The number of hydrogen-bond donors (Lipinski definition) is 3. The van der Waals surface area contributed by atoms with Crippen LogP contribution in [0.5, 0.6) is 0 Å². The maximum absolute atomic E-state index is 9.12. The van der Waals surface area contributed by atoms with Gasteiger partial charge in [0.25, 0.3) is 0 Å². The van der Waals surface area contributed by atoms with Crippen molar-refractivity contribution in [3.05, 3.63) is 0 Å². The molecule has 0 rings (SSSR count). The van der Waals surface area contributed by atoms with E-state index in [9.17, 15) is 0 Å². The summed E-state index contributed by atoms with van der Waals surface area (Å²) in [4.78, 5) is 0. The van der Waals surface area contributed by atoms with Crippen LogP contribution in [0, 0.1) is 5.41 Å². The third-order valence-corrected chi connectivity index (χ3v) is 3.75. The molecule has 4 nitrogen and oxygen atoms in total. The summed E-state index contributed by atoms with van der Waals surface area (Å²) in [5, 5.41) is 27.0. The monoisotopic (exact) mass is 270 g/mol. The van der Waals surface area contributed by atoms with Gasteiger partial charge in [-0.25, -0.2) is 0 Å². The van der Waals surface area contributed by atoms with Gasteiger partial charge in [0.15, 0.2) is 0 Å². The number of aliphatic hydroxyl groups is 3. The van der Waals surface area contributed by atoms with Crippen molar-refractivity contribution in [2.75, 3.05) is 13.2 Å². The molecule has 13 heavy (non-hydrogen) atoms. The zero-order valence-electron chi connectivity index (χ0n) is 6.45. The van der Waals surface area contributed by atoms with Crippen LogP contribution in [0.1, 0.15) is 0 Å². The zero-order valence-corrected chi connectivity index (χ0v) is 9.88. The first-order valence-electron chi connectivity index (χ1n) is 3.17. The molecule has 2 atom stereocenters. The van der Waals surface area contributed by atoms with Gasteiger partial charge in [-0.2, -0.15) is 0 Å². The molecule has 0 aromatic heterocycles. The first-order valence-corrected chi connectivity index (χ1v) is 4.84. The second kappa shape index (κ2) is 5.29. The molecule has 0 spiro atoms. The average molecular weight is 271 g/mol. The number of alkyl halides is 3. The van der Waals surface area contributed by atoms with Gasteiger partial charge in [-0.3, -0.25) is 0 Å². The molecule has 0 aliphatic rings. The largest absolute Gasteiger partial charge is 0.395 e. The van der Waals surface area contributed by atoms with E-state index in [2.05, 4.69) is 4.52 Å². The van der Waals surface area contributed by atoms with Crippen LogP contribution in [-0.2, 0) is 4.52 Å². The first-order chi connectivity index (χ1) is 5.88. The summed E-state index contributed by atoms with van der Waals surface area (Å²) < 4.78 is 2.53. The number of hydrogen-bond acceptors (Lipinski definition) is 4. The van der Waals surface area contributed by atoms with Crippen molar-refractivity contribution >= 4 is 44.3 Å². The van der Waals surface area contributed by atoms with Gasteiger partial charge in [0.1, 0.15) is 11.0 Å². The lowest BCUT2D eigenvalue weighted by atomic mass is 9.91. The summed E-state index contributed by atoms with van der Waals surface area (Å²) in [6, 6.07) is 0. The topological polar surface area (TPSA) is 69.9 Å². The molecule has 0 saturated carbocycles. The van der Waals surface area contributed by atoms with Crippen LogP contribution in [-0.4, -0.2) is 38.6 Å². The Kier molecular flexibility index (Phi) is 5.75. The van der Waals surface area contributed by atoms with Crippen LogP contribution in [0.4, 0.5) is 0 Å². The molecule has 2 unspecified atom stereocenters. The van der Waals surface area contributed by atoms with Gasteiger partial charge in [-0.05, 0) is 0 Å². The average Bonchev–Trinajstić information content (AvgIpc) is 2.06. The van der Waals surface area contributed by atoms with Gasteiger partial charge in [0.05, 0.1) is 13.2 Å². The van der Waals surface area contributed by atoms with Crippen molar-refractivity contribution in [2.45, 2.75) is 10.1 Å². The number of halogens is 3. The van der Waals surface area contributed by atoms with E-state index in [1.807, 2.05) is 0 Å². The fraction of sp³-hybridized carbons (Fsp3) is 1.00. The van der Waals surface area contributed by atoms with Gasteiger partial charge >= 0.3 is 0 Å². The molecule has 0 heterocycles. The summed E-state index contributed by atoms with van der Waals surface area (Å²) >= 11 is 16.5. The molecule has 0 aliphatic carbocycles. The normalized spacial score (nSPS) is 15.9. The third kappa shape index (κ3) is 2.58. The van der Waals surface area contributed by atoms with E-state index in [-0.39, 0.29) is 0 Å². The number of rotatable bonds is 5. The summed E-state index contributed by atoms with van der Waals surface area (Å²) in [7, 11) is 1.76. The predicted molar refractivity (Wildman–Crippen MR) is 53.7 cm³/mol. The molecule has 0 saturated heterocycles. The lowest BCUT2D eigenvalue weighted by Crippen LogP contribution is -2.52. The maximum Gasteiger partial charge on any atom is 0.233 e. The molecule has 0 amide bonds. The summed E-state index contributed by atoms with van der Waals surface area (Å²) in [6.45, 7) is -1.45. The van der Waals surface area contributed by atoms with E-state index in [1.54, 1.807) is 9.47 Å². The molecule has 0 radical (unpaired) electrons. The Labute approximate surface area is 93.0 Å². The van der Waals surface area contributed by atoms with Crippen molar-refractivity contribution in [1.29, 1.82) is 0 Å². The third-order valence-electron chi connectivity index (χ3n) is 1.75. The van der Waals surface area contributed by atoms with E-state index in [1.165, 1.54) is 0 Å². The van der Waals surface area contributed by atoms with Crippen LogP contribution in [0.25, 0.3) is 0 Å². The lowest BCUT2D eigenvalue weighted by molar-refractivity contribution is -0.0706. The van der Waals surface area contributed by atoms with Crippen LogP contribution in [0.15, 0.2) is 0 Å². The Morgan fingerprint density at radius 1 is 1.31 bits per heavy atom. The minimum absolute atomic E-state index is 0.727. The van der Waals surface area contributed by atoms with Gasteiger partial charge < -0.3 is 19.8 Å². The highest BCUT2D eigenvalue weighted by Crippen LogP contribution is 2.46. The SMILES string of the molecule is OCC(CO)(C(O)Cl)C(Cl)(Cl)OP. The van der Waals surface area contributed by atoms with E-state index in [0.29, 0.717) is 0 Å². The molecule has 8 heteroatoms. The van der Waals surface area contributed by atoms with E-state index < -0.39 is 28.7 Å². The molecule has 0 aromatic rings. The predicted octanol–water partition coefficient (Wildman–Crippen LogP) is 0.453. The Morgan fingerprint density at radius 2 is 1.69 bits per heavy atom. The minimum atomic E-state index is -2.00. The Balaban J connectivity index is 4.97. The van der Waals surface area contributed by atoms with Crippen LogP contribution >= 0.6 is 44.3 Å². The van der Waals surface area contributed by atoms with E-state index in [4.69, 9.17) is 50.1 Å². The second-order valence-electron chi connectivity index (χ2n) is 2.44. The fourth-order valence-electron chi connectivity index (χ4n) is 0.641. The maximum atomic E-state index is 9.12. The van der Waals surface area contributed by atoms with E-state index in [0.717, 1.165) is 0 Å². The summed E-state index contributed by atoms with van der Waals surface area (Å²) in [5.41, 5.74) is -3.39. The van der Waals surface area contributed by atoms with Crippen molar-refractivity contribution < 1.29 is 19.8 Å². The Morgan fingerprint density at radius 3 is 1.77 bits per heavy atom. The highest BCUT2D eigenvalue weighted by molar-refractivity contribution is 7.10. The molecule has 0 aromatic carbocycles. The van der Waals surface area contributed by atoms with Gasteiger partial charge in [-0.15, -0.1) is 0 Å². The Bertz CT molecular complexity index is 162. The van der Waals surface area contributed by atoms with Gasteiger partial charge in [0, 0.05) is 9.47 Å². The van der Waals surface area contributed by atoms with Crippen molar-refractivity contribution in [1.82, 2.24) is 0 Å². The smallest absolute Gasteiger partial charge is 0.233 e. The van der Waals surface area contributed by atoms with Crippen LogP contribution in [0.2, 0.25) is 0 Å². The molecule has 0 aliphatic heterocycles. The highest BCUT2D eigenvalue weighted by atomic mass is 35.5. The van der Waals surface area contributed by atoms with Crippen molar-refractivity contribution in [3.8, 4) is 0 Å². The summed E-state index contributed by atoms with van der Waals surface area (Å²) in [6.07, 6.45) is 0. The van der Waals surface area contributed by atoms with Crippen molar-refractivity contribution in [3.63, 3.8) is 0 Å². The lowest BCUT2D eigenvalue weighted by Gasteiger charge is -2.39. The van der Waals surface area contributed by atoms with Gasteiger partial charge in [-0.1, -0.05) is 34.8 Å². The minimum Gasteiger partial charge on any atom is -0.395 e. The number of aliphatic hydroxyl groups excluding tert-OH is 3. The molecule has 0 bridgehead atoms. The van der Waals surface area contributed by atoms with Crippen LogP contribution in [0.3, 0.4) is 0 Å². The van der Waals surface area contributed by atoms with Gasteiger partial charge in [0.2, 0.25) is 4.52 Å². The van der Waals surface area contributed by atoms with E-state index >= 15 is 0 Å². The molecule has 3 N–H and O–H groups in total. The Hall–Kier alpha value is 1.14. The molecular formula is C5H10Cl3O4P. The zero-order chi connectivity index (χ0) is 10.7. The van der Waals surface area contributed by atoms with Crippen LogP contribution < -0.4 is 0 Å². The highest BCUT2D eigenvalue weighted by Gasteiger charge is 2.54. The fourth-order valence-corrected chi connectivity index (χ4v) is 1.72. The second-order valence-corrected chi connectivity index (χ2v) is 4.35. The van der Waals surface area contributed by atoms with Crippen molar-refractivity contribution in [2.24, 2.45) is 5.41 Å². The summed E-state index contributed by atoms with van der Waals surface area (Å²) in [5.74, 6) is 0. The molecule has 0 fully saturated rings. The standard InChI is InChI=1S/C5H10Cl3O4P/c6-3(11)4(1-9,2-10)5(7,8)12-13/h3,9-11H,1-2,13H2. The first kappa shape index (κ1) is 14.1.